The molecular formula is C22H30ClN7O. The fourth-order valence-electron chi connectivity index (χ4n) is 5.26. The molecule has 1 atom stereocenters. The number of carbonyl (C=O) groups is 1. The molecule has 0 aliphatic carbocycles. The molecule has 5 heterocycles. The minimum atomic E-state index is 0.0287. The first-order valence-corrected chi connectivity index (χ1v) is 11.8. The maximum absolute atomic E-state index is 11.9. The summed E-state index contributed by atoms with van der Waals surface area (Å²) in [7, 11) is 0. The summed E-state index contributed by atoms with van der Waals surface area (Å²) in [6.45, 7) is 8.32. The van der Waals surface area contributed by atoms with Gasteiger partial charge in [-0.25, -0.2) is 15.0 Å². The molecule has 5 rings (SSSR count). The van der Waals surface area contributed by atoms with Crippen LogP contribution in [0.1, 0.15) is 62.3 Å². The van der Waals surface area contributed by atoms with Gasteiger partial charge in [0.25, 0.3) is 0 Å². The molecule has 8 nitrogen and oxygen atoms in total. The van der Waals surface area contributed by atoms with E-state index in [9.17, 15) is 4.79 Å². The molecule has 2 fully saturated rings. The zero-order valence-corrected chi connectivity index (χ0v) is 18.8. The van der Waals surface area contributed by atoms with E-state index in [0.717, 1.165) is 56.2 Å². The summed E-state index contributed by atoms with van der Waals surface area (Å²) in [4.78, 5) is 30.3. The number of halogens is 1. The number of anilines is 2. The first-order valence-electron chi connectivity index (χ1n) is 11.4. The van der Waals surface area contributed by atoms with E-state index in [2.05, 4.69) is 41.6 Å². The number of hydrogen-bond donors (Lipinski definition) is 1. The number of hydrogen-bond acceptors (Lipinski definition) is 6. The van der Waals surface area contributed by atoms with Gasteiger partial charge in [-0.3, -0.25) is 4.79 Å². The first kappa shape index (κ1) is 20.7. The number of nitrogens with one attached hydrogen (secondary N) is 1. The molecule has 166 valence electrons. The molecule has 0 spiro atoms. The van der Waals surface area contributed by atoms with Crippen molar-refractivity contribution in [3.8, 4) is 0 Å². The van der Waals surface area contributed by atoms with Crippen LogP contribution in [0, 0.1) is 0 Å². The molecule has 0 radical (unpaired) electrons. The third-order valence-corrected chi connectivity index (χ3v) is 7.08. The van der Waals surface area contributed by atoms with Crippen molar-refractivity contribution in [2.75, 3.05) is 42.9 Å². The second kappa shape index (κ2) is 8.74. The molecule has 0 aromatic carbocycles. The smallest absolute Gasteiger partial charge is 0.226 e. The Morgan fingerprint density at radius 1 is 1.13 bits per heavy atom. The number of likely N-dealkylation sites (tertiary alicyclic amines) is 1. The van der Waals surface area contributed by atoms with E-state index in [1.54, 1.807) is 6.33 Å². The van der Waals surface area contributed by atoms with E-state index in [1.165, 1.54) is 25.9 Å². The van der Waals surface area contributed by atoms with E-state index in [4.69, 9.17) is 11.6 Å². The van der Waals surface area contributed by atoms with E-state index in [0.29, 0.717) is 23.3 Å². The number of piperidine rings is 1. The largest absolute Gasteiger partial charge is 0.356 e. The van der Waals surface area contributed by atoms with Gasteiger partial charge in [-0.2, -0.15) is 0 Å². The molecule has 31 heavy (non-hydrogen) atoms. The third-order valence-electron chi connectivity index (χ3n) is 6.90. The Kier molecular flexibility index (Phi) is 5.84. The highest BCUT2D eigenvalue weighted by Gasteiger charge is 2.31. The number of fused-ring (bicyclic) bond motifs is 1. The van der Waals surface area contributed by atoms with E-state index in [-0.39, 0.29) is 11.8 Å². The predicted molar refractivity (Wildman–Crippen MR) is 121 cm³/mol. The summed E-state index contributed by atoms with van der Waals surface area (Å²) in [6, 6.07) is 0. The lowest BCUT2D eigenvalue weighted by Crippen LogP contribution is -2.36. The second-order valence-electron chi connectivity index (χ2n) is 9.04. The van der Waals surface area contributed by atoms with E-state index < -0.39 is 0 Å². The fourth-order valence-corrected chi connectivity index (χ4v) is 5.47. The summed E-state index contributed by atoms with van der Waals surface area (Å²) in [5, 5.41) is 3.49. The maximum Gasteiger partial charge on any atom is 0.226 e. The molecule has 0 saturated carbocycles. The molecule has 2 saturated heterocycles. The van der Waals surface area contributed by atoms with Gasteiger partial charge in [0, 0.05) is 50.3 Å². The van der Waals surface area contributed by atoms with Gasteiger partial charge in [0.1, 0.15) is 28.9 Å². The molecule has 3 aliphatic rings. The second-order valence-corrected chi connectivity index (χ2v) is 9.43. The van der Waals surface area contributed by atoms with E-state index in [1.807, 2.05) is 6.20 Å². The van der Waals surface area contributed by atoms with Crippen molar-refractivity contribution >= 4 is 29.1 Å². The molecular weight excluding hydrogens is 414 g/mol. The topological polar surface area (TPSA) is 79.2 Å². The van der Waals surface area contributed by atoms with Gasteiger partial charge >= 0.3 is 0 Å². The lowest BCUT2D eigenvalue weighted by atomic mass is 9.92. The quantitative estimate of drug-likeness (QED) is 0.764. The lowest BCUT2D eigenvalue weighted by Gasteiger charge is -2.35. The molecule has 1 amide bonds. The molecule has 2 aromatic heterocycles. The summed E-state index contributed by atoms with van der Waals surface area (Å²) in [5.74, 6) is 3.31. The SMILES string of the molecule is CC1CC(=O)Nc2ncnc(N3CCC(c4nc(Cl)cn4CCN4CCCC4)CC3)c21. The fraction of sp³-hybridized carbons (Fsp3) is 0.636. The highest BCUT2D eigenvalue weighted by atomic mass is 35.5. The molecule has 3 aliphatic heterocycles. The van der Waals surface area contributed by atoms with Crippen LogP contribution in [0.2, 0.25) is 5.15 Å². The van der Waals surface area contributed by atoms with Crippen LogP contribution in [-0.4, -0.2) is 63.0 Å². The number of carbonyl (C=O) groups excluding carboxylic acids is 1. The van der Waals surface area contributed by atoms with Gasteiger partial charge in [0.15, 0.2) is 0 Å². The Bertz CT molecular complexity index is 947. The molecule has 9 heteroatoms. The minimum absolute atomic E-state index is 0.0287. The van der Waals surface area contributed by atoms with Crippen LogP contribution in [-0.2, 0) is 11.3 Å². The lowest BCUT2D eigenvalue weighted by molar-refractivity contribution is -0.116. The van der Waals surface area contributed by atoms with Crippen LogP contribution in [0.4, 0.5) is 11.6 Å². The summed E-state index contributed by atoms with van der Waals surface area (Å²) < 4.78 is 2.27. The van der Waals surface area contributed by atoms with Crippen molar-refractivity contribution in [3.63, 3.8) is 0 Å². The van der Waals surface area contributed by atoms with Gasteiger partial charge in [-0.1, -0.05) is 18.5 Å². The van der Waals surface area contributed by atoms with Crippen molar-refractivity contribution < 1.29 is 4.79 Å². The summed E-state index contributed by atoms with van der Waals surface area (Å²) in [6.07, 6.45) is 8.67. The highest BCUT2D eigenvalue weighted by molar-refractivity contribution is 6.29. The van der Waals surface area contributed by atoms with Crippen LogP contribution < -0.4 is 10.2 Å². The van der Waals surface area contributed by atoms with Crippen molar-refractivity contribution in [2.24, 2.45) is 0 Å². The highest BCUT2D eigenvalue weighted by Crippen LogP contribution is 2.38. The average Bonchev–Trinajstić information content (AvgIpc) is 3.41. The standard InChI is InChI=1S/C22H30ClN7O/c1-15-12-18(31)27-20-19(15)22(25-14-24-20)29-8-4-16(5-9-29)21-26-17(23)13-30(21)11-10-28-6-2-3-7-28/h13-16H,2-12H2,1H3,(H,24,25,27,31). The maximum atomic E-state index is 11.9. The predicted octanol–water partition coefficient (Wildman–Crippen LogP) is 3.25. The van der Waals surface area contributed by atoms with E-state index >= 15 is 0 Å². The molecule has 1 N–H and O–H groups in total. The van der Waals surface area contributed by atoms with Crippen molar-refractivity contribution in [3.05, 3.63) is 29.1 Å². The van der Waals surface area contributed by atoms with Crippen molar-refractivity contribution in [1.29, 1.82) is 0 Å². The number of aromatic nitrogens is 4. The number of amides is 1. The average molecular weight is 444 g/mol. The number of imidazole rings is 1. The van der Waals surface area contributed by atoms with Crippen molar-refractivity contribution in [2.45, 2.75) is 57.4 Å². The number of rotatable bonds is 5. The van der Waals surface area contributed by atoms with Gasteiger partial charge in [0.05, 0.1) is 0 Å². The van der Waals surface area contributed by atoms with Crippen LogP contribution in [0.15, 0.2) is 12.5 Å². The first-order chi connectivity index (χ1) is 15.1. The Hall–Kier alpha value is -2.19. The molecule has 0 bridgehead atoms. The van der Waals surface area contributed by atoms with Gasteiger partial charge in [-0.15, -0.1) is 0 Å². The van der Waals surface area contributed by atoms with Crippen LogP contribution in [0.3, 0.4) is 0 Å². The minimum Gasteiger partial charge on any atom is -0.356 e. The Balaban J connectivity index is 1.28. The van der Waals surface area contributed by atoms with Gasteiger partial charge in [-0.05, 0) is 44.7 Å². The Morgan fingerprint density at radius 2 is 1.90 bits per heavy atom. The zero-order valence-electron chi connectivity index (χ0n) is 18.1. The van der Waals surface area contributed by atoms with Crippen LogP contribution >= 0.6 is 11.6 Å². The van der Waals surface area contributed by atoms with Gasteiger partial charge in [0.2, 0.25) is 5.91 Å². The van der Waals surface area contributed by atoms with Crippen LogP contribution in [0.5, 0.6) is 0 Å². The summed E-state index contributed by atoms with van der Waals surface area (Å²) in [5.41, 5.74) is 1.07. The number of nitrogens with zero attached hydrogens (tertiary/aromatic N) is 6. The third kappa shape index (κ3) is 4.28. The van der Waals surface area contributed by atoms with Crippen LogP contribution in [0.25, 0.3) is 0 Å². The summed E-state index contributed by atoms with van der Waals surface area (Å²) >= 11 is 6.30. The Labute approximate surface area is 188 Å². The zero-order chi connectivity index (χ0) is 21.4. The monoisotopic (exact) mass is 443 g/mol. The van der Waals surface area contributed by atoms with Gasteiger partial charge < -0.3 is 19.7 Å². The Morgan fingerprint density at radius 3 is 2.68 bits per heavy atom. The van der Waals surface area contributed by atoms with Crippen molar-refractivity contribution in [1.82, 2.24) is 24.4 Å². The molecule has 1 unspecified atom stereocenters. The normalized spacial score (nSPS) is 22.6. The molecule has 2 aromatic rings.